The van der Waals surface area contributed by atoms with Crippen LogP contribution >= 0.6 is 23.1 Å². The van der Waals surface area contributed by atoms with E-state index in [2.05, 4.69) is 20.5 Å². The van der Waals surface area contributed by atoms with Crippen molar-refractivity contribution in [2.45, 2.75) is 24.3 Å². The molecular formula is C17H18N4O2S2. The molecule has 0 aliphatic carbocycles. The molecule has 1 atom stereocenters. The lowest BCUT2D eigenvalue weighted by molar-refractivity contribution is -0.115. The molecule has 0 saturated carbocycles. The molecule has 130 valence electrons. The number of hydrogen-bond acceptors (Lipinski definition) is 6. The molecular weight excluding hydrogens is 356 g/mol. The van der Waals surface area contributed by atoms with Crippen molar-refractivity contribution in [3.63, 3.8) is 0 Å². The van der Waals surface area contributed by atoms with Crippen LogP contribution in [0.1, 0.15) is 13.8 Å². The minimum absolute atomic E-state index is 0.100. The van der Waals surface area contributed by atoms with Crippen molar-refractivity contribution >= 4 is 34.7 Å². The lowest BCUT2D eigenvalue weighted by atomic mass is 10.3. The Morgan fingerprint density at radius 3 is 2.84 bits per heavy atom. The normalized spacial score (nSPS) is 11.9. The number of amides is 1. The van der Waals surface area contributed by atoms with Gasteiger partial charge in [0.25, 0.3) is 0 Å². The van der Waals surface area contributed by atoms with Gasteiger partial charge in [0, 0.05) is 5.69 Å². The van der Waals surface area contributed by atoms with Crippen molar-refractivity contribution < 1.29 is 9.53 Å². The fraction of sp³-hybridized carbons (Fsp3) is 0.235. The first kappa shape index (κ1) is 17.5. The van der Waals surface area contributed by atoms with Gasteiger partial charge in [-0.3, -0.25) is 9.89 Å². The van der Waals surface area contributed by atoms with E-state index in [0.29, 0.717) is 11.8 Å². The Morgan fingerprint density at radius 1 is 1.36 bits per heavy atom. The molecule has 1 amide bonds. The molecule has 6 nitrogen and oxygen atoms in total. The van der Waals surface area contributed by atoms with Gasteiger partial charge in [0.05, 0.1) is 16.7 Å². The average molecular weight is 374 g/mol. The second kappa shape index (κ2) is 8.17. The summed E-state index contributed by atoms with van der Waals surface area (Å²) in [6.45, 7) is 4.38. The maximum Gasteiger partial charge on any atom is 0.237 e. The van der Waals surface area contributed by atoms with E-state index >= 15 is 0 Å². The number of aromatic amines is 1. The van der Waals surface area contributed by atoms with Gasteiger partial charge in [-0.25, -0.2) is 4.98 Å². The zero-order chi connectivity index (χ0) is 17.6. The fourth-order valence-electron chi connectivity index (χ4n) is 2.08. The molecule has 8 heteroatoms. The third-order valence-corrected chi connectivity index (χ3v) is 5.14. The summed E-state index contributed by atoms with van der Waals surface area (Å²) in [5, 5.41) is 12.2. The predicted octanol–water partition coefficient (Wildman–Crippen LogP) is 4.05. The Balaban J connectivity index is 1.57. The second-order valence-corrected chi connectivity index (χ2v) is 7.41. The van der Waals surface area contributed by atoms with Crippen molar-refractivity contribution in [2.24, 2.45) is 0 Å². The number of H-pyrrole nitrogens is 1. The molecule has 2 aromatic heterocycles. The first-order chi connectivity index (χ1) is 12.2. The number of carbonyl (C=O) groups excluding carboxylic acids is 1. The van der Waals surface area contributed by atoms with Crippen LogP contribution in [0.2, 0.25) is 0 Å². The summed E-state index contributed by atoms with van der Waals surface area (Å²) in [6.07, 6.45) is 0. The number of thioether (sulfide) groups is 1. The molecule has 1 aromatic carbocycles. The van der Waals surface area contributed by atoms with Gasteiger partial charge in [-0.1, -0.05) is 17.8 Å². The molecule has 0 saturated heterocycles. The quantitative estimate of drug-likeness (QED) is 0.610. The van der Waals surface area contributed by atoms with Crippen molar-refractivity contribution in [1.29, 1.82) is 0 Å². The maximum atomic E-state index is 12.3. The number of thiophene rings is 1. The van der Waals surface area contributed by atoms with E-state index in [1.807, 2.05) is 55.6 Å². The number of aromatic nitrogens is 3. The number of benzene rings is 1. The Bertz CT molecular complexity index is 816. The number of hydrogen-bond donors (Lipinski definition) is 2. The zero-order valence-electron chi connectivity index (χ0n) is 13.9. The summed E-state index contributed by atoms with van der Waals surface area (Å²) in [6, 6.07) is 11.2. The molecule has 25 heavy (non-hydrogen) atoms. The molecule has 2 heterocycles. The van der Waals surface area contributed by atoms with Crippen LogP contribution in [0.3, 0.4) is 0 Å². The minimum Gasteiger partial charge on any atom is -0.494 e. The minimum atomic E-state index is -0.321. The van der Waals surface area contributed by atoms with E-state index in [0.717, 1.165) is 22.1 Å². The second-order valence-electron chi connectivity index (χ2n) is 5.15. The third-order valence-electron chi connectivity index (χ3n) is 3.30. The SMILES string of the molecule is CCOc1ccc(NC(=O)[C@@H](C)Sc2n[nH]c(-c3cccs3)n2)cc1. The Labute approximate surface area is 154 Å². The number of anilines is 1. The standard InChI is InChI=1S/C17H18N4O2S2/c1-3-23-13-8-6-12(7-9-13)18-16(22)11(2)25-17-19-15(20-21-17)14-5-4-10-24-14/h4-11H,3H2,1-2H3,(H,18,22)(H,19,20,21)/t11-/m1/s1. The highest BCUT2D eigenvalue weighted by Crippen LogP contribution is 2.26. The van der Waals surface area contributed by atoms with E-state index in [9.17, 15) is 4.79 Å². The van der Waals surface area contributed by atoms with Crippen LogP contribution in [0.5, 0.6) is 5.75 Å². The molecule has 3 rings (SSSR count). The first-order valence-electron chi connectivity index (χ1n) is 7.82. The predicted molar refractivity (Wildman–Crippen MR) is 101 cm³/mol. The van der Waals surface area contributed by atoms with Gasteiger partial charge >= 0.3 is 0 Å². The van der Waals surface area contributed by atoms with Gasteiger partial charge in [-0.2, -0.15) is 0 Å². The summed E-state index contributed by atoms with van der Waals surface area (Å²) < 4.78 is 5.39. The molecule has 0 bridgehead atoms. The first-order valence-corrected chi connectivity index (χ1v) is 9.58. The molecule has 0 spiro atoms. The molecule has 3 aromatic rings. The largest absolute Gasteiger partial charge is 0.494 e. The van der Waals surface area contributed by atoms with Crippen LogP contribution in [0, 0.1) is 0 Å². The summed E-state index contributed by atoms with van der Waals surface area (Å²) in [5.41, 5.74) is 0.732. The monoisotopic (exact) mass is 374 g/mol. The van der Waals surface area contributed by atoms with E-state index < -0.39 is 0 Å². The molecule has 0 aliphatic heterocycles. The van der Waals surface area contributed by atoms with Crippen molar-refractivity contribution in [2.75, 3.05) is 11.9 Å². The van der Waals surface area contributed by atoms with Gasteiger partial charge in [-0.05, 0) is 49.6 Å². The van der Waals surface area contributed by atoms with E-state index in [-0.39, 0.29) is 11.2 Å². The summed E-state index contributed by atoms with van der Waals surface area (Å²) in [4.78, 5) is 17.8. The van der Waals surface area contributed by atoms with Crippen LogP contribution in [0.25, 0.3) is 10.7 Å². The van der Waals surface area contributed by atoms with Crippen molar-refractivity contribution in [3.8, 4) is 16.5 Å². The van der Waals surface area contributed by atoms with Crippen molar-refractivity contribution in [3.05, 3.63) is 41.8 Å². The lowest BCUT2D eigenvalue weighted by Gasteiger charge is -2.10. The zero-order valence-corrected chi connectivity index (χ0v) is 15.5. The van der Waals surface area contributed by atoms with Gasteiger partial charge in [0.15, 0.2) is 5.82 Å². The molecule has 0 radical (unpaired) electrons. The Hall–Kier alpha value is -2.32. The number of nitrogens with zero attached hydrogens (tertiary/aromatic N) is 2. The van der Waals surface area contributed by atoms with Gasteiger partial charge in [-0.15, -0.1) is 16.4 Å². The van der Waals surface area contributed by atoms with Gasteiger partial charge in [0.2, 0.25) is 11.1 Å². The maximum absolute atomic E-state index is 12.3. The number of rotatable bonds is 7. The fourth-order valence-corrected chi connectivity index (χ4v) is 3.47. The van der Waals surface area contributed by atoms with Crippen LogP contribution in [-0.4, -0.2) is 32.9 Å². The number of ether oxygens (including phenoxy) is 1. The van der Waals surface area contributed by atoms with E-state index in [1.165, 1.54) is 11.8 Å². The van der Waals surface area contributed by atoms with Gasteiger partial charge in [0.1, 0.15) is 5.75 Å². The number of carbonyl (C=O) groups is 1. The summed E-state index contributed by atoms with van der Waals surface area (Å²) in [5.74, 6) is 1.40. The molecule has 0 unspecified atom stereocenters. The highest BCUT2D eigenvalue weighted by atomic mass is 32.2. The lowest BCUT2D eigenvalue weighted by Crippen LogP contribution is -2.22. The summed E-state index contributed by atoms with van der Waals surface area (Å²) in [7, 11) is 0. The topological polar surface area (TPSA) is 79.9 Å². The number of nitrogens with one attached hydrogen (secondary N) is 2. The molecule has 0 fully saturated rings. The van der Waals surface area contributed by atoms with Crippen LogP contribution in [-0.2, 0) is 4.79 Å². The Kier molecular flexibility index (Phi) is 5.72. The molecule has 2 N–H and O–H groups in total. The van der Waals surface area contributed by atoms with Crippen LogP contribution in [0.15, 0.2) is 46.9 Å². The highest BCUT2D eigenvalue weighted by Gasteiger charge is 2.18. The summed E-state index contributed by atoms with van der Waals surface area (Å²) >= 11 is 2.90. The van der Waals surface area contributed by atoms with Gasteiger partial charge < -0.3 is 10.1 Å². The Morgan fingerprint density at radius 2 is 2.16 bits per heavy atom. The van der Waals surface area contributed by atoms with Crippen LogP contribution in [0.4, 0.5) is 5.69 Å². The third kappa shape index (κ3) is 4.61. The molecule has 0 aliphatic rings. The van der Waals surface area contributed by atoms with Crippen LogP contribution < -0.4 is 10.1 Å². The van der Waals surface area contributed by atoms with E-state index in [1.54, 1.807) is 11.3 Å². The smallest absolute Gasteiger partial charge is 0.237 e. The van der Waals surface area contributed by atoms with E-state index in [4.69, 9.17) is 4.74 Å². The van der Waals surface area contributed by atoms with Crippen molar-refractivity contribution in [1.82, 2.24) is 15.2 Å². The average Bonchev–Trinajstić information content (AvgIpc) is 3.28. The highest BCUT2D eigenvalue weighted by molar-refractivity contribution is 8.00.